The van der Waals surface area contributed by atoms with E-state index in [4.69, 9.17) is 4.74 Å². The zero-order valence-corrected chi connectivity index (χ0v) is 11.2. The van der Waals surface area contributed by atoms with E-state index in [1.165, 1.54) is 0 Å². The van der Waals surface area contributed by atoms with Crippen molar-refractivity contribution in [2.75, 3.05) is 6.61 Å². The molecule has 0 saturated carbocycles. The Morgan fingerprint density at radius 3 is 2.63 bits per heavy atom. The number of hydrogen-bond acceptors (Lipinski definition) is 5. The maximum Gasteiger partial charge on any atom is 0.144 e. The van der Waals surface area contributed by atoms with Crippen molar-refractivity contribution in [1.29, 1.82) is 0 Å². The zero-order chi connectivity index (χ0) is 13.5. The van der Waals surface area contributed by atoms with Crippen LogP contribution in [0, 0.1) is 0 Å². The first-order chi connectivity index (χ1) is 9.29. The molecular weight excluding hydrogens is 240 g/mol. The van der Waals surface area contributed by atoms with Crippen LogP contribution in [-0.2, 0) is 6.54 Å². The number of nitrogens with one attached hydrogen (secondary N) is 1. The SMILES string of the molecule is CCOc1ccc(CN[C@H](C)c2ncccn2)nc1. The monoisotopic (exact) mass is 258 g/mol. The molecule has 1 atom stereocenters. The third-order valence-electron chi connectivity index (χ3n) is 2.67. The molecule has 0 unspecified atom stereocenters. The first-order valence-electron chi connectivity index (χ1n) is 6.37. The van der Waals surface area contributed by atoms with E-state index in [2.05, 4.69) is 20.3 Å². The lowest BCUT2D eigenvalue weighted by Crippen LogP contribution is -2.20. The normalized spacial score (nSPS) is 12.1. The summed E-state index contributed by atoms with van der Waals surface area (Å²) >= 11 is 0. The second-order valence-corrected chi connectivity index (χ2v) is 4.13. The topological polar surface area (TPSA) is 59.9 Å². The highest BCUT2D eigenvalue weighted by molar-refractivity contribution is 5.19. The molecule has 0 saturated heterocycles. The van der Waals surface area contributed by atoms with Crippen LogP contribution >= 0.6 is 0 Å². The Morgan fingerprint density at radius 1 is 1.21 bits per heavy atom. The second-order valence-electron chi connectivity index (χ2n) is 4.13. The van der Waals surface area contributed by atoms with Crippen LogP contribution in [0.1, 0.15) is 31.4 Å². The van der Waals surface area contributed by atoms with Crippen molar-refractivity contribution in [1.82, 2.24) is 20.3 Å². The summed E-state index contributed by atoms with van der Waals surface area (Å²) < 4.78 is 5.35. The third kappa shape index (κ3) is 3.99. The zero-order valence-electron chi connectivity index (χ0n) is 11.2. The molecule has 0 spiro atoms. The predicted molar refractivity (Wildman–Crippen MR) is 72.7 cm³/mol. The molecule has 2 aromatic rings. The standard InChI is InChI=1S/C14H18N4O/c1-3-19-13-6-5-12(18-10-13)9-17-11(2)14-15-7-4-8-16-14/h4-8,10-11,17H,3,9H2,1-2H3/t11-/m1/s1. The lowest BCUT2D eigenvalue weighted by Gasteiger charge is -2.12. The molecular formula is C14H18N4O. The number of hydrogen-bond donors (Lipinski definition) is 1. The third-order valence-corrected chi connectivity index (χ3v) is 2.67. The molecule has 5 nitrogen and oxygen atoms in total. The first-order valence-corrected chi connectivity index (χ1v) is 6.37. The largest absolute Gasteiger partial charge is 0.492 e. The average molecular weight is 258 g/mol. The van der Waals surface area contributed by atoms with Gasteiger partial charge in [-0.15, -0.1) is 0 Å². The Kier molecular flexibility index (Phi) is 4.80. The molecule has 0 fully saturated rings. The maximum atomic E-state index is 5.35. The molecule has 2 heterocycles. The van der Waals surface area contributed by atoms with Crippen LogP contribution in [-0.4, -0.2) is 21.6 Å². The molecule has 2 aromatic heterocycles. The van der Waals surface area contributed by atoms with Crippen LogP contribution in [0.4, 0.5) is 0 Å². The van der Waals surface area contributed by atoms with Gasteiger partial charge in [0.15, 0.2) is 0 Å². The van der Waals surface area contributed by atoms with Gasteiger partial charge in [0.2, 0.25) is 0 Å². The molecule has 0 bridgehead atoms. The number of ether oxygens (including phenoxy) is 1. The molecule has 5 heteroatoms. The van der Waals surface area contributed by atoms with Crippen LogP contribution in [0.2, 0.25) is 0 Å². The molecule has 0 aromatic carbocycles. The van der Waals surface area contributed by atoms with Crippen molar-refractivity contribution < 1.29 is 4.74 Å². The Labute approximate surface area is 113 Å². The Hall–Kier alpha value is -2.01. The number of rotatable bonds is 6. The van der Waals surface area contributed by atoms with Gasteiger partial charge < -0.3 is 10.1 Å². The van der Waals surface area contributed by atoms with Gasteiger partial charge in [-0.25, -0.2) is 9.97 Å². The van der Waals surface area contributed by atoms with Crippen molar-refractivity contribution >= 4 is 0 Å². The van der Waals surface area contributed by atoms with Gasteiger partial charge in [-0.1, -0.05) is 0 Å². The highest BCUT2D eigenvalue weighted by Crippen LogP contribution is 2.10. The van der Waals surface area contributed by atoms with Gasteiger partial charge in [-0.05, 0) is 32.0 Å². The van der Waals surface area contributed by atoms with Gasteiger partial charge in [0, 0.05) is 18.9 Å². The van der Waals surface area contributed by atoms with E-state index in [1.54, 1.807) is 18.6 Å². The summed E-state index contributed by atoms with van der Waals surface area (Å²) in [5.41, 5.74) is 0.964. The van der Waals surface area contributed by atoms with Gasteiger partial charge in [0.25, 0.3) is 0 Å². The molecule has 0 aliphatic carbocycles. The molecule has 0 aliphatic rings. The van der Waals surface area contributed by atoms with Crippen LogP contribution in [0.3, 0.4) is 0 Å². The van der Waals surface area contributed by atoms with E-state index in [1.807, 2.05) is 32.0 Å². The van der Waals surface area contributed by atoms with Crippen molar-refractivity contribution in [2.24, 2.45) is 0 Å². The van der Waals surface area contributed by atoms with Gasteiger partial charge in [-0.2, -0.15) is 0 Å². The van der Waals surface area contributed by atoms with Crippen LogP contribution < -0.4 is 10.1 Å². The van der Waals surface area contributed by atoms with Crippen molar-refractivity contribution in [2.45, 2.75) is 26.4 Å². The Balaban J connectivity index is 1.88. The molecule has 2 rings (SSSR count). The molecule has 0 amide bonds. The maximum absolute atomic E-state index is 5.35. The lowest BCUT2D eigenvalue weighted by atomic mass is 10.3. The second kappa shape index (κ2) is 6.80. The highest BCUT2D eigenvalue weighted by Gasteiger charge is 2.07. The van der Waals surface area contributed by atoms with Gasteiger partial charge in [-0.3, -0.25) is 4.98 Å². The fraction of sp³-hybridized carbons (Fsp3) is 0.357. The summed E-state index contributed by atoms with van der Waals surface area (Å²) in [4.78, 5) is 12.8. The number of pyridine rings is 1. The van der Waals surface area contributed by atoms with E-state index in [0.717, 1.165) is 17.3 Å². The van der Waals surface area contributed by atoms with Gasteiger partial charge in [0.05, 0.1) is 24.5 Å². The summed E-state index contributed by atoms with van der Waals surface area (Å²) in [6.07, 6.45) is 5.23. The fourth-order valence-corrected chi connectivity index (χ4v) is 1.65. The number of nitrogens with zero attached hydrogens (tertiary/aromatic N) is 3. The van der Waals surface area contributed by atoms with E-state index in [9.17, 15) is 0 Å². The lowest BCUT2D eigenvalue weighted by molar-refractivity contribution is 0.338. The predicted octanol–water partition coefficient (Wildman–Crippen LogP) is 2.12. The smallest absolute Gasteiger partial charge is 0.144 e. The minimum atomic E-state index is 0.0922. The van der Waals surface area contributed by atoms with Crippen LogP contribution in [0.15, 0.2) is 36.8 Å². The van der Waals surface area contributed by atoms with Crippen molar-refractivity contribution in [3.05, 3.63) is 48.3 Å². The molecule has 100 valence electrons. The molecule has 0 radical (unpaired) electrons. The Bertz CT molecular complexity index is 487. The van der Waals surface area contributed by atoms with Crippen LogP contribution in [0.5, 0.6) is 5.75 Å². The minimum absolute atomic E-state index is 0.0922. The summed E-state index contributed by atoms with van der Waals surface area (Å²) in [7, 11) is 0. The number of aromatic nitrogens is 3. The van der Waals surface area contributed by atoms with E-state index in [-0.39, 0.29) is 6.04 Å². The first kappa shape index (κ1) is 13.4. The minimum Gasteiger partial charge on any atom is -0.492 e. The Morgan fingerprint density at radius 2 is 2.00 bits per heavy atom. The molecule has 19 heavy (non-hydrogen) atoms. The summed E-state index contributed by atoms with van der Waals surface area (Å²) in [6, 6.07) is 5.78. The summed E-state index contributed by atoms with van der Waals surface area (Å²) in [5.74, 6) is 1.58. The van der Waals surface area contributed by atoms with E-state index < -0.39 is 0 Å². The van der Waals surface area contributed by atoms with E-state index in [0.29, 0.717) is 13.2 Å². The van der Waals surface area contributed by atoms with E-state index >= 15 is 0 Å². The fourth-order valence-electron chi connectivity index (χ4n) is 1.65. The quantitative estimate of drug-likeness (QED) is 0.860. The highest BCUT2D eigenvalue weighted by atomic mass is 16.5. The summed E-state index contributed by atoms with van der Waals surface area (Å²) in [6.45, 7) is 5.31. The molecule has 0 aliphatic heterocycles. The average Bonchev–Trinajstić information content (AvgIpc) is 2.47. The van der Waals surface area contributed by atoms with Gasteiger partial charge >= 0.3 is 0 Å². The molecule has 1 N–H and O–H groups in total. The van der Waals surface area contributed by atoms with Crippen molar-refractivity contribution in [3.8, 4) is 5.75 Å². The van der Waals surface area contributed by atoms with Crippen LogP contribution in [0.25, 0.3) is 0 Å². The van der Waals surface area contributed by atoms with Gasteiger partial charge in [0.1, 0.15) is 11.6 Å². The van der Waals surface area contributed by atoms with Crippen molar-refractivity contribution in [3.63, 3.8) is 0 Å². The summed E-state index contributed by atoms with van der Waals surface area (Å²) in [5, 5.41) is 3.34.